The summed E-state index contributed by atoms with van der Waals surface area (Å²) >= 11 is 0. The van der Waals surface area contributed by atoms with Crippen molar-refractivity contribution >= 4 is 11.7 Å². The van der Waals surface area contributed by atoms with Gasteiger partial charge in [0.05, 0.1) is 11.4 Å². The van der Waals surface area contributed by atoms with E-state index < -0.39 is 5.97 Å². The summed E-state index contributed by atoms with van der Waals surface area (Å²) in [5.41, 5.74) is 7.50. The SMILES string of the molecule is Cc1cc(N)c(O)c(-c2cccc(C(=O)O)n2)c1. The Morgan fingerprint density at radius 2 is 2.06 bits per heavy atom. The van der Waals surface area contributed by atoms with Crippen LogP contribution in [0.2, 0.25) is 0 Å². The van der Waals surface area contributed by atoms with Crippen molar-refractivity contribution in [2.24, 2.45) is 0 Å². The summed E-state index contributed by atoms with van der Waals surface area (Å²) in [6, 6.07) is 7.94. The predicted octanol–water partition coefficient (Wildman–Crippen LogP) is 2.04. The van der Waals surface area contributed by atoms with Crippen LogP contribution < -0.4 is 5.73 Å². The molecule has 92 valence electrons. The van der Waals surface area contributed by atoms with E-state index in [2.05, 4.69) is 4.98 Å². The summed E-state index contributed by atoms with van der Waals surface area (Å²) in [5.74, 6) is -1.20. The third-order valence-electron chi connectivity index (χ3n) is 2.53. The van der Waals surface area contributed by atoms with Gasteiger partial charge in [0, 0.05) is 5.56 Å². The van der Waals surface area contributed by atoms with E-state index in [0.29, 0.717) is 11.3 Å². The smallest absolute Gasteiger partial charge is 0.354 e. The third-order valence-corrected chi connectivity index (χ3v) is 2.53. The minimum absolute atomic E-state index is 0.0769. The van der Waals surface area contributed by atoms with E-state index in [0.717, 1.165) is 5.56 Å². The zero-order valence-electron chi connectivity index (χ0n) is 9.71. The molecule has 0 saturated heterocycles. The fourth-order valence-corrected chi connectivity index (χ4v) is 1.71. The second kappa shape index (κ2) is 4.37. The Labute approximate surface area is 104 Å². The Balaban J connectivity index is 2.62. The molecule has 0 amide bonds. The van der Waals surface area contributed by atoms with Crippen LogP contribution in [0.1, 0.15) is 16.1 Å². The van der Waals surface area contributed by atoms with Crippen LogP contribution in [0.15, 0.2) is 30.3 Å². The normalized spacial score (nSPS) is 10.3. The molecule has 4 N–H and O–H groups in total. The number of rotatable bonds is 2. The third kappa shape index (κ3) is 2.10. The molecule has 5 heteroatoms. The molecule has 5 nitrogen and oxygen atoms in total. The largest absolute Gasteiger partial charge is 0.505 e. The number of carboxylic acids is 1. The van der Waals surface area contributed by atoms with Gasteiger partial charge in [-0.15, -0.1) is 0 Å². The van der Waals surface area contributed by atoms with Gasteiger partial charge in [-0.1, -0.05) is 6.07 Å². The van der Waals surface area contributed by atoms with Gasteiger partial charge < -0.3 is 15.9 Å². The van der Waals surface area contributed by atoms with Crippen LogP contribution in [-0.4, -0.2) is 21.2 Å². The van der Waals surface area contributed by atoms with Crippen LogP contribution in [0.4, 0.5) is 5.69 Å². The number of phenolic OH excluding ortho intramolecular Hbond substituents is 1. The number of pyridine rings is 1. The van der Waals surface area contributed by atoms with E-state index in [1.807, 2.05) is 6.92 Å². The van der Waals surface area contributed by atoms with Gasteiger partial charge in [0.2, 0.25) is 0 Å². The highest BCUT2D eigenvalue weighted by Crippen LogP contribution is 2.34. The lowest BCUT2D eigenvalue weighted by molar-refractivity contribution is 0.0690. The van der Waals surface area contributed by atoms with E-state index in [1.54, 1.807) is 24.3 Å². The molecule has 1 aromatic heterocycles. The van der Waals surface area contributed by atoms with Crippen molar-refractivity contribution in [2.45, 2.75) is 6.92 Å². The van der Waals surface area contributed by atoms with Gasteiger partial charge in [-0.2, -0.15) is 0 Å². The molecule has 2 aromatic rings. The predicted molar refractivity (Wildman–Crippen MR) is 67.4 cm³/mol. The van der Waals surface area contributed by atoms with E-state index in [9.17, 15) is 9.90 Å². The van der Waals surface area contributed by atoms with Gasteiger partial charge in [-0.05, 0) is 36.8 Å². The number of aryl methyl sites for hydroxylation is 1. The number of hydrogen-bond acceptors (Lipinski definition) is 4. The summed E-state index contributed by atoms with van der Waals surface area (Å²) in [6.45, 7) is 1.83. The summed E-state index contributed by atoms with van der Waals surface area (Å²) in [5, 5.41) is 18.8. The number of nitrogens with two attached hydrogens (primary N) is 1. The number of aromatic carboxylic acids is 1. The number of phenols is 1. The molecule has 1 aromatic carbocycles. The summed E-state index contributed by atoms with van der Waals surface area (Å²) in [6.07, 6.45) is 0. The van der Waals surface area contributed by atoms with Crippen LogP contribution in [0, 0.1) is 6.92 Å². The fraction of sp³-hybridized carbons (Fsp3) is 0.0769. The number of aromatic nitrogens is 1. The minimum atomic E-state index is -1.11. The first-order valence-corrected chi connectivity index (χ1v) is 5.29. The molecule has 0 atom stereocenters. The average Bonchev–Trinajstić information content (AvgIpc) is 2.34. The lowest BCUT2D eigenvalue weighted by atomic mass is 10.1. The first-order chi connectivity index (χ1) is 8.49. The summed E-state index contributed by atoms with van der Waals surface area (Å²) < 4.78 is 0. The van der Waals surface area contributed by atoms with Gasteiger partial charge in [0.25, 0.3) is 0 Å². The number of anilines is 1. The Morgan fingerprint density at radius 3 is 2.72 bits per heavy atom. The van der Waals surface area contributed by atoms with Crippen molar-refractivity contribution in [2.75, 3.05) is 5.73 Å². The fourth-order valence-electron chi connectivity index (χ4n) is 1.71. The van der Waals surface area contributed by atoms with Crippen molar-refractivity contribution in [3.05, 3.63) is 41.6 Å². The lowest BCUT2D eigenvalue weighted by Gasteiger charge is -2.08. The van der Waals surface area contributed by atoms with E-state index >= 15 is 0 Å². The Hall–Kier alpha value is -2.56. The second-order valence-electron chi connectivity index (χ2n) is 3.96. The van der Waals surface area contributed by atoms with Gasteiger partial charge in [0.15, 0.2) is 0 Å². The standard InChI is InChI=1S/C13H12N2O3/c1-7-5-8(12(16)9(14)6-7)10-3-2-4-11(15-10)13(17)18/h2-6,16H,14H2,1H3,(H,17,18). The topological polar surface area (TPSA) is 96.4 Å². The minimum Gasteiger partial charge on any atom is -0.505 e. The summed E-state index contributed by atoms with van der Waals surface area (Å²) in [7, 11) is 0. The highest BCUT2D eigenvalue weighted by Gasteiger charge is 2.12. The van der Waals surface area contributed by atoms with E-state index in [1.165, 1.54) is 6.07 Å². The van der Waals surface area contributed by atoms with Crippen molar-refractivity contribution in [1.29, 1.82) is 0 Å². The monoisotopic (exact) mass is 244 g/mol. The Bertz CT molecular complexity index is 624. The maximum Gasteiger partial charge on any atom is 0.354 e. The summed E-state index contributed by atoms with van der Waals surface area (Å²) in [4.78, 5) is 14.8. The molecule has 18 heavy (non-hydrogen) atoms. The zero-order chi connectivity index (χ0) is 13.3. The molecule has 0 spiro atoms. The second-order valence-corrected chi connectivity index (χ2v) is 3.96. The van der Waals surface area contributed by atoms with Gasteiger partial charge in [0.1, 0.15) is 11.4 Å². The van der Waals surface area contributed by atoms with E-state index in [4.69, 9.17) is 10.8 Å². The number of carbonyl (C=O) groups is 1. The zero-order valence-corrected chi connectivity index (χ0v) is 9.71. The van der Waals surface area contributed by atoms with Crippen LogP contribution in [-0.2, 0) is 0 Å². The Morgan fingerprint density at radius 1 is 1.33 bits per heavy atom. The number of nitrogens with zero attached hydrogens (tertiary/aromatic N) is 1. The molecule has 0 bridgehead atoms. The van der Waals surface area contributed by atoms with Crippen LogP contribution in [0.25, 0.3) is 11.3 Å². The van der Waals surface area contributed by atoms with Gasteiger partial charge >= 0.3 is 5.97 Å². The van der Waals surface area contributed by atoms with Crippen molar-refractivity contribution in [1.82, 2.24) is 4.98 Å². The molecule has 0 fully saturated rings. The van der Waals surface area contributed by atoms with Crippen LogP contribution in [0.3, 0.4) is 0 Å². The van der Waals surface area contributed by atoms with Crippen molar-refractivity contribution in [3.63, 3.8) is 0 Å². The van der Waals surface area contributed by atoms with E-state index in [-0.39, 0.29) is 17.1 Å². The first-order valence-electron chi connectivity index (χ1n) is 5.29. The molecule has 0 aliphatic carbocycles. The number of carboxylic acid groups (broad SMARTS) is 1. The first kappa shape index (κ1) is 11.9. The quantitative estimate of drug-likeness (QED) is 0.555. The molecule has 2 rings (SSSR count). The Kier molecular flexibility index (Phi) is 2.89. The van der Waals surface area contributed by atoms with Crippen molar-refractivity contribution in [3.8, 4) is 17.0 Å². The molecule has 1 heterocycles. The number of aromatic hydroxyl groups is 1. The van der Waals surface area contributed by atoms with Crippen molar-refractivity contribution < 1.29 is 15.0 Å². The molecule has 0 radical (unpaired) electrons. The lowest BCUT2D eigenvalue weighted by Crippen LogP contribution is -2.01. The highest BCUT2D eigenvalue weighted by molar-refractivity contribution is 5.86. The van der Waals surface area contributed by atoms with Crippen LogP contribution in [0.5, 0.6) is 5.75 Å². The molecule has 0 saturated carbocycles. The maximum atomic E-state index is 10.9. The molecular formula is C13H12N2O3. The number of nitrogen functional groups attached to an aromatic ring is 1. The van der Waals surface area contributed by atoms with Gasteiger partial charge in [-0.25, -0.2) is 9.78 Å². The highest BCUT2D eigenvalue weighted by atomic mass is 16.4. The number of benzene rings is 1. The maximum absolute atomic E-state index is 10.9. The molecule has 0 aliphatic rings. The van der Waals surface area contributed by atoms with Gasteiger partial charge in [-0.3, -0.25) is 0 Å². The van der Waals surface area contributed by atoms with Crippen LogP contribution >= 0.6 is 0 Å². The molecular weight excluding hydrogens is 232 g/mol. The average molecular weight is 244 g/mol. The molecule has 0 aliphatic heterocycles. The molecule has 0 unspecified atom stereocenters. The number of hydrogen-bond donors (Lipinski definition) is 3.